The molecule has 2 saturated heterocycles. The SMILES string of the molecule is CCCCNC(=O)C1CCC(C)N(CC(=O)Nc2ccc(N3CC(C)OC(C)C3)cc2)C1. The van der Waals surface area contributed by atoms with E-state index in [0.717, 1.165) is 56.7 Å². The van der Waals surface area contributed by atoms with E-state index in [9.17, 15) is 9.59 Å². The molecule has 2 aliphatic rings. The molecule has 178 valence electrons. The number of carbonyl (C=O) groups is 2. The number of morpholine rings is 1. The van der Waals surface area contributed by atoms with Gasteiger partial charge in [-0.3, -0.25) is 14.5 Å². The van der Waals surface area contributed by atoms with Crippen molar-refractivity contribution in [2.75, 3.05) is 42.9 Å². The molecule has 1 aromatic carbocycles. The van der Waals surface area contributed by atoms with Crippen LogP contribution in [0.15, 0.2) is 24.3 Å². The van der Waals surface area contributed by atoms with Gasteiger partial charge in [0, 0.05) is 43.6 Å². The average Bonchev–Trinajstić information content (AvgIpc) is 2.75. The summed E-state index contributed by atoms with van der Waals surface area (Å²) in [4.78, 5) is 29.6. The number of ether oxygens (including phenoxy) is 1. The summed E-state index contributed by atoms with van der Waals surface area (Å²) in [6, 6.07) is 8.33. The van der Waals surface area contributed by atoms with Gasteiger partial charge in [0.2, 0.25) is 11.8 Å². The zero-order valence-electron chi connectivity index (χ0n) is 20.1. The molecule has 0 spiro atoms. The lowest BCUT2D eigenvalue weighted by Gasteiger charge is -2.37. The molecule has 1 aromatic rings. The summed E-state index contributed by atoms with van der Waals surface area (Å²) in [6.45, 7) is 11.9. The molecule has 32 heavy (non-hydrogen) atoms. The molecule has 0 saturated carbocycles. The third-order valence-corrected chi connectivity index (χ3v) is 6.49. The van der Waals surface area contributed by atoms with Gasteiger partial charge in [0.25, 0.3) is 0 Å². The highest BCUT2D eigenvalue weighted by molar-refractivity contribution is 5.92. The molecule has 3 rings (SSSR count). The number of hydrogen-bond donors (Lipinski definition) is 2. The molecule has 7 heteroatoms. The maximum atomic E-state index is 12.7. The summed E-state index contributed by atoms with van der Waals surface area (Å²) in [5, 5.41) is 6.06. The molecule has 2 aliphatic heterocycles. The molecule has 0 aromatic heterocycles. The Balaban J connectivity index is 1.50. The monoisotopic (exact) mass is 444 g/mol. The Hall–Kier alpha value is -2.12. The van der Waals surface area contributed by atoms with Gasteiger partial charge in [0.05, 0.1) is 24.7 Å². The van der Waals surface area contributed by atoms with E-state index in [1.54, 1.807) is 0 Å². The van der Waals surface area contributed by atoms with Crippen molar-refractivity contribution >= 4 is 23.2 Å². The summed E-state index contributed by atoms with van der Waals surface area (Å²) in [6.07, 6.45) is 4.31. The van der Waals surface area contributed by atoms with Crippen LogP contribution in [0.1, 0.15) is 53.4 Å². The van der Waals surface area contributed by atoms with Gasteiger partial charge in [-0.2, -0.15) is 0 Å². The molecular formula is C25H40N4O3. The average molecular weight is 445 g/mol. The summed E-state index contributed by atoms with van der Waals surface area (Å²) < 4.78 is 5.81. The number of nitrogens with one attached hydrogen (secondary N) is 2. The Morgan fingerprint density at radius 1 is 1.03 bits per heavy atom. The number of rotatable bonds is 8. The van der Waals surface area contributed by atoms with Crippen molar-refractivity contribution < 1.29 is 14.3 Å². The minimum Gasteiger partial charge on any atom is -0.372 e. The van der Waals surface area contributed by atoms with Crippen LogP contribution in [-0.2, 0) is 14.3 Å². The second-order valence-corrected chi connectivity index (χ2v) is 9.45. The van der Waals surface area contributed by atoms with E-state index >= 15 is 0 Å². The van der Waals surface area contributed by atoms with Gasteiger partial charge in [-0.25, -0.2) is 0 Å². The molecule has 0 aliphatic carbocycles. The molecule has 2 N–H and O–H groups in total. The molecule has 0 bridgehead atoms. The van der Waals surface area contributed by atoms with Crippen molar-refractivity contribution in [3.63, 3.8) is 0 Å². The Labute approximate surface area is 192 Å². The van der Waals surface area contributed by atoms with Crippen molar-refractivity contribution in [1.29, 1.82) is 0 Å². The van der Waals surface area contributed by atoms with E-state index in [4.69, 9.17) is 4.74 Å². The number of anilines is 2. The predicted molar refractivity (Wildman–Crippen MR) is 129 cm³/mol. The number of likely N-dealkylation sites (tertiary alicyclic amines) is 1. The molecule has 7 nitrogen and oxygen atoms in total. The van der Waals surface area contributed by atoms with Gasteiger partial charge < -0.3 is 20.3 Å². The topological polar surface area (TPSA) is 73.9 Å². The van der Waals surface area contributed by atoms with Crippen LogP contribution in [0.5, 0.6) is 0 Å². The molecule has 4 unspecified atom stereocenters. The predicted octanol–water partition coefficient (Wildman–Crippen LogP) is 3.26. The highest BCUT2D eigenvalue weighted by Gasteiger charge is 2.30. The first-order valence-electron chi connectivity index (χ1n) is 12.2. The Bertz CT molecular complexity index is 744. The van der Waals surface area contributed by atoms with Crippen molar-refractivity contribution in [1.82, 2.24) is 10.2 Å². The van der Waals surface area contributed by atoms with Crippen molar-refractivity contribution in [3.8, 4) is 0 Å². The van der Waals surface area contributed by atoms with Crippen LogP contribution in [0.25, 0.3) is 0 Å². The van der Waals surface area contributed by atoms with Crippen molar-refractivity contribution in [2.45, 2.75) is 71.6 Å². The van der Waals surface area contributed by atoms with Gasteiger partial charge in [-0.15, -0.1) is 0 Å². The highest BCUT2D eigenvalue weighted by atomic mass is 16.5. The Morgan fingerprint density at radius 3 is 2.38 bits per heavy atom. The summed E-state index contributed by atoms with van der Waals surface area (Å²) >= 11 is 0. The van der Waals surface area contributed by atoms with Crippen LogP contribution in [0.4, 0.5) is 11.4 Å². The minimum absolute atomic E-state index is 0.0338. The fraction of sp³-hybridized carbons (Fsp3) is 0.680. The quantitative estimate of drug-likeness (QED) is 0.602. The first-order chi connectivity index (χ1) is 15.4. The van der Waals surface area contributed by atoms with Crippen LogP contribution in [-0.4, -0.2) is 67.7 Å². The number of benzene rings is 1. The van der Waals surface area contributed by atoms with Gasteiger partial charge >= 0.3 is 0 Å². The van der Waals surface area contributed by atoms with Crippen molar-refractivity contribution in [2.24, 2.45) is 5.92 Å². The summed E-state index contributed by atoms with van der Waals surface area (Å²) in [5.74, 6) is 0.0526. The maximum Gasteiger partial charge on any atom is 0.238 e. The number of carbonyl (C=O) groups excluding carboxylic acids is 2. The van der Waals surface area contributed by atoms with Gasteiger partial charge in [-0.05, 0) is 64.3 Å². The van der Waals surface area contributed by atoms with Crippen LogP contribution in [0, 0.1) is 5.92 Å². The number of piperidine rings is 1. The molecule has 4 atom stereocenters. The first kappa shape index (κ1) is 24.5. The standard InChI is InChI=1S/C25H40N4O3/c1-5-6-13-26-25(31)21-8-7-18(2)28(16-21)17-24(30)27-22-9-11-23(12-10-22)29-14-19(3)32-20(4)15-29/h9-12,18-21H,5-8,13-17H2,1-4H3,(H,26,31)(H,27,30). The largest absolute Gasteiger partial charge is 0.372 e. The van der Waals surface area contributed by atoms with E-state index in [-0.39, 0.29) is 29.9 Å². The number of amides is 2. The lowest BCUT2D eigenvalue weighted by atomic mass is 9.92. The molecule has 2 heterocycles. The molecule has 2 fully saturated rings. The van der Waals surface area contributed by atoms with Crippen LogP contribution >= 0.6 is 0 Å². The van der Waals surface area contributed by atoms with Crippen LogP contribution in [0.2, 0.25) is 0 Å². The highest BCUT2D eigenvalue weighted by Crippen LogP contribution is 2.24. The fourth-order valence-corrected chi connectivity index (χ4v) is 4.68. The van der Waals surface area contributed by atoms with Crippen LogP contribution in [0.3, 0.4) is 0 Å². The normalized spacial score (nSPS) is 26.6. The zero-order chi connectivity index (χ0) is 23.1. The molecular weight excluding hydrogens is 404 g/mol. The smallest absolute Gasteiger partial charge is 0.238 e. The lowest BCUT2D eigenvalue weighted by molar-refractivity contribution is -0.128. The molecule has 0 radical (unpaired) electrons. The van der Waals surface area contributed by atoms with Crippen LogP contribution < -0.4 is 15.5 Å². The van der Waals surface area contributed by atoms with E-state index < -0.39 is 0 Å². The number of hydrogen-bond acceptors (Lipinski definition) is 5. The Kier molecular flexibility index (Phi) is 8.93. The van der Waals surface area contributed by atoms with Gasteiger partial charge in [-0.1, -0.05) is 13.3 Å². The van der Waals surface area contributed by atoms with E-state index in [1.807, 2.05) is 12.1 Å². The van der Waals surface area contributed by atoms with E-state index in [0.29, 0.717) is 19.1 Å². The van der Waals surface area contributed by atoms with E-state index in [2.05, 4.69) is 60.3 Å². The summed E-state index contributed by atoms with van der Waals surface area (Å²) in [5.41, 5.74) is 1.94. The fourth-order valence-electron chi connectivity index (χ4n) is 4.68. The maximum absolute atomic E-state index is 12.7. The first-order valence-corrected chi connectivity index (χ1v) is 12.2. The van der Waals surface area contributed by atoms with Gasteiger partial charge in [0.15, 0.2) is 0 Å². The second-order valence-electron chi connectivity index (χ2n) is 9.45. The zero-order valence-corrected chi connectivity index (χ0v) is 20.1. The van der Waals surface area contributed by atoms with E-state index in [1.165, 1.54) is 0 Å². The second kappa shape index (κ2) is 11.7. The number of nitrogens with zero attached hydrogens (tertiary/aromatic N) is 2. The molecule has 2 amide bonds. The lowest BCUT2D eigenvalue weighted by Crippen LogP contribution is -2.49. The minimum atomic E-state index is -0.0368. The van der Waals surface area contributed by atoms with Gasteiger partial charge in [0.1, 0.15) is 0 Å². The number of unbranched alkanes of at least 4 members (excludes halogenated alkanes) is 1. The Morgan fingerprint density at radius 2 is 1.72 bits per heavy atom. The van der Waals surface area contributed by atoms with Crippen molar-refractivity contribution in [3.05, 3.63) is 24.3 Å². The summed E-state index contributed by atoms with van der Waals surface area (Å²) in [7, 11) is 0. The third kappa shape index (κ3) is 6.94. The third-order valence-electron chi connectivity index (χ3n) is 6.49.